The third kappa shape index (κ3) is 3.74. The molecule has 1 aliphatic rings. The summed E-state index contributed by atoms with van der Waals surface area (Å²) < 4.78 is 5.35. The highest BCUT2D eigenvalue weighted by atomic mass is 16.5. The maximum atomic E-state index is 11.8. The van der Waals surface area contributed by atoms with Crippen molar-refractivity contribution in [1.82, 2.24) is 10.6 Å². The van der Waals surface area contributed by atoms with Gasteiger partial charge in [0.1, 0.15) is 0 Å². The second-order valence-electron chi connectivity index (χ2n) is 4.76. The zero-order chi connectivity index (χ0) is 12.8. The molecule has 2 rings (SSSR count). The minimum absolute atomic E-state index is 0.0994. The Labute approximate surface area is 108 Å². The van der Waals surface area contributed by atoms with Crippen LogP contribution in [0.5, 0.6) is 0 Å². The number of amides is 2. The van der Waals surface area contributed by atoms with Gasteiger partial charge in [0.15, 0.2) is 0 Å². The number of benzene rings is 1. The first-order valence-electron chi connectivity index (χ1n) is 6.42. The first kappa shape index (κ1) is 12.9. The van der Waals surface area contributed by atoms with Gasteiger partial charge in [-0.15, -0.1) is 0 Å². The molecule has 0 bridgehead atoms. The SMILES string of the molecule is CC1COCCC1NC(=O)NCc1ccccc1. The van der Waals surface area contributed by atoms with E-state index in [0.29, 0.717) is 12.5 Å². The van der Waals surface area contributed by atoms with Gasteiger partial charge in [0.25, 0.3) is 0 Å². The number of carbonyl (C=O) groups excluding carboxylic acids is 1. The normalized spacial score (nSPS) is 23.4. The zero-order valence-corrected chi connectivity index (χ0v) is 10.7. The highest BCUT2D eigenvalue weighted by Crippen LogP contribution is 2.13. The van der Waals surface area contributed by atoms with E-state index in [2.05, 4.69) is 17.6 Å². The first-order valence-corrected chi connectivity index (χ1v) is 6.42. The van der Waals surface area contributed by atoms with E-state index < -0.39 is 0 Å². The molecule has 2 N–H and O–H groups in total. The Morgan fingerprint density at radius 1 is 1.39 bits per heavy atom. The largest absolute Gasteiger partial charge is 0.381 e. The third-order valence-corrected chi connectivity index (χ3v) is 3.25. The fourth-order valence-corrected chi connectivity index (χ4v) is 2.09. The molecule has 1 aromatic carbocycles. The van der Waals surface area contributed by atoms with Crippen LogP contribution < -0.4 is 10.6 Å². The molecule has 0 aromatic heterocycles. The Balaban J connectivity index is 1.75. The van der Waals surface area contributed by atoms with Gasteiger partial charge in [-0.1, -0.05) is 37.3 Å². The van der Waals surface area contributed by atoms with E-state index in [0.717, 1.165) is 25.2 Å². The van der Waals surface area contributed by atoms with Crippen LogP contribution in [0.1, 0.15) is 18.9 Å². The first-order chi connectivity index (χ1) is 8.75. The minimum Gasteiger partial charge on any atom is -0.381 e. The molecular weight excluding hydrogens is 228 g/mol. The smallest absolute Gasteiger partial charge is 0.315 e. The van der Waals surface area contributed by atoms with Gasteiger partial charge in [-0.25, -0.2) is 4.79 Å². The Kier molecular flexibility index (Phi) is 4.59. The number of rotatable bonds is 3. The van der Waals surface area contributed by atoms with Gasteiger partial charge >= 0.3 is 6.03 Å². The fourth-order valence-electron chi connectivity index (χ4n) is 2.09. The summed E-state index contributed by atoms with van der Waals surface area (Å²) in [5.74, 6) is 0.376. The number of hydrogen-bond donors (Lipinski definition) is 2. The lowest BCUT2D eigenvalue weighted by Gasteiger charge is -2.29. The van der Waals surface area contributed by atoms with Crippen molar-refractivity contribution in [3.63, 3.8) is 0 Å². The summed E-state index contributed by atoms with van der Waals surface area (Å²) in [6.45, 7) is 4.11. The van der Waals surface area contributed by atoms with Crippen LogP contribution in [0, 0.1) is 5.92 Å². The monoisotopic (exact) mass is 248 g/mol. The van der Waals surface area contributed by atoms with Crippen LogP contribution in [-0.2, 0) is 11.3 Å². The molecule has 1 fully saturated rings. The molecule has 0 aliphatic carbocycles. The quantitative estimate of drug-likeness (QED) is 0.858. The van der Waals surface area contributed by atoms with Gasteiger partial charge in [0.2, 0.25) is 0 Å². The van der Waals surface area contributed by atoms with E-state index in [9.17, 15) is 4.79 Å². The molecule has 2 amide bonds. The number of carbonyl (C=O) groups is 1. The zero-order valence-electron chi connectivity index (χ0n) is 10.7. The van der Waals surface area contributed by atoms with Crippen molar-refractivity contribution in [3.05, 3.63) is 35.9 Å². The lowest BCUT2D eigenvalue weighted by atomic mass is 9.98. The lowest BCUT2D eigenvalue weighted by molar-refractivity contribution is 0.0419. The van der Waals surface area contributed by atoms with Crippen molar-refractivity contribution in [2.45, 2.75) is 25.9 Å². The summed E-state index contributed by atoms with van der Waals surface area (Å²) in [6.07, 6.45) is 0.889. The summed E-state index contributed by atoms with van der Waals surface area (Å²) in [6, 6.07) is 10.0. The van der Waals surface area contributed by atoms with Crippen molar-refractivity contribution in [1.29, 1.82) is 0 Å². The Morgan fingerprint density at radius 2 is 2.17 bits per heavy atom. The van der Waals surface area contributed by atoms with Crippen molar-refractivity contribution < 1.29 is 9.53 Å². The third-order valence-electron chi connectivity index (χ3n) is 3.25. The lowest BCUT2D eigenvalue weighted by Crippen LogP contribution is -2.48. The van der Waals surface area contributed by atoms with Crippen LogP contribution in [0.2, 0.25) is 0 Å². The molecule has 4 heteroatoms. The molecule has 4 nitrogen and oxygen atoms in total. The maximum absolute atomic E-state index is 11.8. The average molecular weight is 248 g/mol. The van der Waals surface area contributed by atoms with E-state index in [1.165, 1.54) is 0 Å². The molecule has 2 unspecified atom stereocenters. The second kappa shape index (κ2) is 6.40. The van der Waals surface area contributed by atoms with E-state index in [1.54, 1.807) is 0 Å². The molecule has 2 atom stereocenters. The van der Waals surface area contributed by atoms with E-state index in [4.69, 9.17) is 4.74 Å². The van der Waals surface area contributed by atoms with Crippen LogP contribution in [0.3, 0.4) is 0 Å². The topological polar surface area (TPSA) is 50.4 Å². The van der Waals surface area contributed by atoms with E-state index >= 15 is 0 Å². The standard InChI is InChI=1S/C14H20N2O2/c1-11-10-18-8-7-13(11)16-14(17)15-9-12-5-3-2-4-6-12/h2-6,11,13H,7-10H2,1H3,(H2,15,16,17). The second-order valence-corrected chi connectivity index (χ2v) is 4.76. The van der Waals surface area contributed by atoms with Gasteiger partial charge in [-0.2, -0.15) is 0 Å². The Morgan fingerprint density at radius 3 is 2.89 bits per heavy atom. The molecule has 1 aliphatic heterocycles. The van der Waals surface area contributed by atoms with Crippen LogP contribution in [0.15, 0.2) is 30.3 Å². The summed E-state index contributed by atoms with van der Waals surface area (Å²) in [5, 5.41) is 5.88. The Hall–Kier alpha value is -1.55. The van der Waals surface area contributed by atoms with Gasteiger partial charge in [-0.05, 0) is 17.9 Å². The van der Waals surface area contributed by atoms with Crippen LogP contribution >= 0.6 is 0 Å². The summed E-state index contributed by atoms with van der Waals surface area (Å²) in [4.78, 5) is 11.8. The van der Waals surface area contributed by atoms with Gasteiger partial charge in [-0.3, -0.25) is 0 Å². The molecule has 1 aromatic rings. The summed E-state index contributed by atoms with van der Waals surface area (Å²) in [5.41, 5.74) is 1.10. The molecule has 1 saturated heterocycles. The Bertz CT molecular complexity index is 381. The van der Waals surface area contributed by atoms with E-state index in [-0.39, 0.29) is 12.1 Å². The fraction of sp³-hybridized carbons (Fsp3) is 0.500. The van der Waals surface area contributed by atoms with Crippen molar-refractivity contribution in [2.75, 3.05) is 13.2 Å². The summed E-state index contributed by atoms with van der Waals surface area (Å²) >= 11 is 0. The van der Waals surface area contributed by atoms with Gasteiger partial charge < -0.3 is 15.4 Å². The van der Waals surface area contributed by atoms with Crippen LogP contribution in [-0.4, -0.2) is 25.3 Å². The number of urea groups is 1. The number of ether oxygens (including phenoxy) is 1. The highest BCUT2D eigenvalue weighted by molar-refractivity contribution is 5.74. The van der Waals surface area contributed by atoms with Crippen molar-refractivity contribution in [3.8, 4) is 0 Å². The minimum atomic E-state index is -0.0994. The maximum Gasteiger partial charge on any atom is 0.315 e. The average Bonchev–Trinajstić information content (AvgIpc) is 2.40. The van der Waals surface area contributed by atoms with E-state index in [1.807, 2.05) is 30.3 Å². The molecular formula is C14H20N2O2. The van der Waals surface area contributed by atoms with Crippen LogP contribution in [0.4, 0.5) is 4.79 Å². The van der Waals surface area contributed by atoms with Gasteiger partial charge in [0.05, 0.1) is 6.61 Å². The van der Waals surface area contributed by atoms with Crippen molar-refractivity contribution >= 4 is 6.03 Å². The molecule has 1 heterocycles. The summed E-state index contributed by atoms with van der Waals surface area (Å²) in [7, 11) is 0. The molecule has 18 heavy (non-hydrogen) atoms. The molecule has 0 saturated carbocycles. The molecule has 98 valence electrons. The number of hydrogen-bond acceptors (Lipinski definition) is 2. The van der Waals surface area contributed by atoms with Crippen LogP contribution in [0.25, 0.3) is 0 Å². The van der Waals surface area contributed by atoms with Gasteiger partial charge in [0, 0.05) is 19.2 Å². The highest BCUT2D eigenvalue weighted by Gasteiger charge is 2.23. The predicted molar refractivity (Wildman–Crippen MR) is 70.2 cm³/mol. The molecule has 0 radical (unpaired) electrons. The molecule has 0 spiro atoms. The van der Waals surface area contributed by atoms with Crippen molar-refractivity contribution in [2.24, 2.45) is 5.92 Å². The number of nitrogens with one attached hydrogen (secondary N) is 2. The predicted octanol–water partition coefficient (Wildman–Crippen LogP) is 1.91.